The molecule has 0 aromatic heterocycles. The first-order valence-electron chi connectivity index (χ1n) is 9.10. The summed E-state index contributed by atoms with van der Waals surface area (Å²) in [4.78, 5) is 18.6. The molecule has 1 aliphatic carbocycles. The summed E-state index contributed by atoms with van der Waals surface area (Å²) in [5, 5.41) is 10.5. The van der Waals surface area contributed by atoms with E-state index in [9.17, 15) is 9.90 Å². The molecule has 5 aliphatic heterocycles. The quantitative estimate of drug-likeness (QED) is 0.743. The van der Waals surface area contributed by atoms with Crippen LogP contribution in [0, 0.1) is 11.8 Å². The zero-order valence-electron chi connectivity index (χ0n) is 14.1. The standard InChI is InChI=1S/C20H22N2O2/c1-3-10-9-22-13-7-11(10)16-14(22)8-20(19(16)24)12-5-4-6-15(23)17(12)21(2)18(13)20/h3-6,11,13-14,16,18,23H,7-9H2,1-2H3/b10-3-/t11-,13-,14-,16+,18-,20-/m0/s1. The third-order valence-electron chi connectivity index (χ3n) is 7.82. The molecule has 1 unspecified atom stereocenters. The zero-order valence-corrected chi connectivity index (χ0v) is 14.1. The highest BCUT2D eigenvalue weighted by atomic mass is 16.3. The van der Waals surface area contributed by atoms with Crippen LogP contribution >= 0.6 is 0 Å². The summed E-state index contributed by atoms with van der Waals surface area (Å²) in [6, 6.07) is 6.76. The van der Waals surface area contributed by atoms with Gasteiger partial charge in [-0.2, -0.15) is 0 Å². The first-order chi connectivity index (χ1) is 11.6. The van der Waals surface area contributed by atoms with E-state index in [2.05, 4.69) is 35.9 Å². The van der Waals surface area contributed by atoms with Crippen LogP contribution in [0.3, 0.4) is 0 Å². The van der Waals surface area contributed by atoms with Crippen LogP contribution in [-0.4, -0.2) is 47.5 Å². The SMILES string of the molecule is C/C=C1/CN2[C@H]3C[C@@]45C(=O)[C@@H]3[C@H]1C[C@H]2[C@@H]4N(C)c1c(O)cccc15. The summed E-state index contributed by atoms with van der Waals surface area (Å²) in [6.07, 6.45) is 4.27. The van der Waals surface area contributed by atoms with Crippen molar-refractivity contribution >= 4 is 11.5 Å². The highest BCUT2D eigenvalue weighted by molar-refractivity contribution is 6.02. The molecule has 4 saturated heterocycles. The second-order valence-electron chi connectivity index (χ2n) is 8.31. The summed E-state index contributed by atoms with van der Waals surface area (Å²) in [7, 11) is 2.07. The summed E-state index contributed by atoms with van der Waals surface area (Å²) in [5.74, 6) is 1.37. The number of anilines is 1. The molecule has 6 aliphatic rings. The minimum atomic E-state index is -0.392. The largest absolute Gasteiger partial charge is 0.506 e. The Morgan fingerprint density at radius 3 is 2.96 bits per heavy atom. The first-order valence-corrected chi connectivity index (χ1v) is 9.10. The number of carbonyl (C=O) groups excluding carboxylic acids is 1. The fourth-order valence-corrected chi connectivity index (χ4v) is 7.14. The van der Waals surface area contributed by atoms with Crippen molar-refractivity contribution in [3.63, 3.8) is 0 Å². The van der Waals surface area contributed by atoms with E-state index in [-0.39, 0.29) is 12.0 Å². The fourth-order valence-electron chi connectivity index (χ4n) is 7.14. The Morgan fingerprint density at radius 1 is 1.33 bits per heavy atom. The van der Waals surface area contributed by atoms with Crippen molar-refractivity contribution in [2.75, 3.05) is 18.5 Å². The Morgan fingerprint density at radius 2 is 2.17 bits per heavy atom. The fraction of sp³-hybridized carbons (Fsp3) is 0.550. The first kappa shape index (κ1) is 13.5. The summed E-state index contributed by atoms with van der Waals surface area (Å²) in [5.41, 5.74) is 3.06. The van der Waals surface area contributed by atoms with Crippen molar-refractivity contribution in [2.24, 2.45) is 11.8 Å². The van der Waals surface area contributed by atoms with Crippen molar-refractivity contribution in [1.82, 2.24) is 4.90 Å². The number of piperidine rings is 4. The minimum absolute atomic E-state index is 0.160. The molecule has 1 saturated carbocycles. The second-order valence-corrected chi connectivity index (χ2v) is 8.31. The maximum absolute atomic E-state index is 13.8. The molecule has 4 heteroatoms. The highest BCUT2D eigenvalue weighted by Crippen LogP contribution is 2.67. The van der Waals surface area contributed by atoms with Gasteiger partial charge in [0.1, 0.15) is 5.75 Å². The number of hydrogen-bond donors (Lipinski definition) is 1. The number of Topliss-reactive ketones (excluding diaryl/α,β-unsaturated/α-hetero) is 1. The molecule has 1 aromatic rings. The van der Waals surface area contributed by atoms with Gasteiger partial charge in [0.15, 0.2) is 5.78 Å². The monoisotopic (exact) mass is 322 g/mol. The Balaban J connectivity index is 1.64. The molecule has 1 spiro atoms. The summed E-state index contributed by atoms with van der Waals surface area (Å²) in [6.45, 7) is 3.15. The lowest BCUT2D eigenvalue weighted by Crippen LogP contribution is -2.68. The van der Waals surface area contributed by atoms with Crippen molar-refractivity contribution in [3.05, 3.63) is 35.4 Å². The third-order valence-corrected chi connectivity index (χ3v) is 7.82. The molecule has 7 atom stereocenters. The van der Waals surface area contributed by atoms with Crippen LogP contribution in [0.2, 0.25) is 0 Å². The molecule has 24 heavy (non-hydrogen) atoms. The smallest absolute Gasteiger partial charge is 0.150 e. The Kier molecular flexibility index (Phi) is 2.18. The number of phenols is 1. The highest BCUT2D eigenvalue weighted by Gasteiger charge is 2.74. The number of carbonyl (C=O) groups is 1. The van der Waals surface area contributed by atoms with Crippen LogP contribution < -0.4 is 4.90 Å². The van der Waals surface area contributed by atoms with Crippen molar-refractivity contribution in [1.29, 1.82) is 0 Å². The zero-order chi connectivity index (χ0) is 16.4. The number of aromatic hydroxyl groups is 1. The van der Waals surface area contributed by atoms with E-state index < -0.39 is 5.41 Å². The molecule has 5 fully saturated rings. The van der Waals surface area contributed by atoms with Crippen LogP contribution in [0.15, 0.2) is 29.8 Å². The average Bonchev–Trinajstić information content (AvgIpc) is 2.98. The van der Waals surface area contributed by atoms with Gasteiger partial charge in [0.2, 0.25) is 0 Å². The molecule has 124 valence electrons. The number of para-hydroxylation sites is 1. The van der Waals surface area contributed by atoms with Crippen molar-refractivity contribution < 1.29 is 9.90 Å². The van der Waals surface area contributed by atoms with Gasteiger partial charge in [-0.25, -0.2) is 0 Å². The van der Waals surface area contributed by atoms with Crippen LogP contribution in [0.5, 0.6) is 5.75 Å². The Bertz CT molecular complexity index is 831. The molecular weight excluding hydrogens is 300 g/mol. The number of nitrogens with zero attached hydrogens (tertiary/aromatic N) is 2. The van der Waals surface area contributed by atoms with Crippen LogP contribution in [0.1, 0.15) is 25.3 Å². The molecule has 7 rings (SSSR count). The van der Waals surface area contributed by atoms with E-state index in [1.165, 1.54) is 5.57 Å². The molecule has 4 nitrogen and oxygen atoms in total. The number of likely N-dealkylation sites (N-methyl/N-ethyl adjacent to an activating group) is 1. The lowest BCUT2D eigenvalue weighted by Gasteiger charge is -2.58. The lowest BCUT2D eigenvalue weighted by molar-refractivity contribution is -0.126. The van der Waals surface area contributed by atoms with Gasteiger partial charge < -0.3 is 10.0 Å². The number of rotatable bonds is 0. The molecular formula is C20H22N2O2. The molecule has 1 N–H and O–H groups in total. The summed E-state index contributed by atoms with van der Waals surface area (Å²) < 4.78 is 0. The topological polar surface area (TPSA) is 43.8 Å². The average molecular weight is 322 g/mol. The van der Waals surface area contributed by atoms with Gasteiger partial charge in [0, 0.05) is 31.6 Å². The molecule has 5 heterocycles. The number of ketones is 1. The van der Waals surface area contributed by atoms with Gasteiger partial charge in [-0.15, -0.1) is 0 Å². The van der Waals surface area contributed by atoms with Gasteiger partial charge in [-0.1, -0.05) is 23.8 Å². The second kappa shape index (κ2) is 3.88. The van der Waals surface area contributed by atoms with E-state index in [0.29, 0.717) is 29.5 Å². The van der Waals surface area contributed by atoms with Gasteiger partial charge in [-0.3, -0.25) is 9.69 Å². The van der Waals surface area contributed by atoms with E-state index in [1.54, 1.807) is 6.07 Å². The van der Waals surface area contributed by atoms with Gasteiger partial charge in [0.05, 0.1) is 17.1 Å². The maximum atomic E-state index is 13.8. The number of hydrogen-bond acceptors (Lipinski definition) is 4. The maximum Gasteiger partial charge on any atom is 0.150 e. The number of allylic oxidation sites excluding steroid dienone is 1. The van der Waals surface area contributed by atoms with E-state index in [4.69, 9.17) is 0 Å². The minimum Gasteiger partial charge on any atom is -0.506 e. The van der Waals surface area contributed by atoms with Crippen molar-refractivity contribution in [2.45, 2.75) is 43.3 Å². The summed E-state index contributed by atoms with van der Waals surface area (Å²) >= 11 is 0. The molecule has 0 amide bonds. The van der Waals surface area contributed by atoms with E-state index >= 15 is 0 Å². The number of fused-ring (bicyclic) bond motifs is 2. The van der Waals surface area contributed by atoms with Gasteiger partial charge in [0.25, 0.3) is 0 Å². The van der Waals surface area contributed by atoms with E-state index in [0.717, 1.165) is 30.6 Å². The predicted octanol–water partition coefficient (Wildman–Crippen LogP) is 2.07. The molecule has 1 aromatic carbocycles. The number of benzene rings is 1. The molecule has 5 bridgehead atoms. The number of phenolic OH excluding ortho intramolecular Hbond substituents is 1. The lowest BCUT2D eigenvalue weighted by atomic mass is 9.65. The van der Waals surface area contributed by atoms with Gasteiger partial charge in [-0.05, 0) is 37.3 Å². The van der Waals surface area contributed by atoms with Crippen molar-refractivity contribution in [3.8, 4) is 5.75 Å². The van der Waals surface area contributed by atoms with Crippen LogP contribution in [0.25, 0.3) is 0 Å². The van der Waals surface area contributed by atoms with E-state index in [1.807, 2.05) is 6.07 Å². The van der Waals surface area contributed by atoms with Gasteiger partial charge >= 0.3 is 0 Å². The molecule has 0 radical (unpaired) electrons. The van der Waals surface area contributed by atoms with Crippen LogP contribution in [-0.2, 0) is 10.2 Å². The normalized spacial score (nSPS) is 48.3. The Labute approximate surface area is 141 Å². The Hall–Kier alpha value is -1.81. The third kappa shape index (κ3) is 1.13. The van der Waals surface area contributed by atoms with Crippen LogP contribution in [0.4, 0.5) is 5.69 Å². The predicted molar refractivity (Wildman–Crippen MR) is 91.2 cm³/mol.